The summed E-state index contributed by atoms with van der Waals surface area (Å²) in [5.41, 5.74) is 9.21. The predicted octanol–water partition coefficient (Wildman–Crippen LogP) is 4.70. The molecule has 10 heteroatoms. The number of piperazine rings is 1. The predicted molar refractivity (Wildman–Crippen MR) is 153 cm³/mol. The summed E-state index contributed by atoms with van der Waals surface area (Å²) in [5.74, 6) is 2.48. The summed E-state index contributed by atoms with van der Waals surface area (Å²) in [6.45, 7) is 6.20. The Morgan fingerprint density at radius 3 is 2.46 bits per heavy atom. The SMILES string of the molecule is COc1cc2c(Nc3cc(OC)c(C4CC4)cc3Cl)c(C#N)cnc2cc1OCCCN1CCN(CN)CC1. The molecule has 9 nitrogen and oxygen atoms in total. The van der Waals surface area contributed by atoms with Crippen molar-refractivity contribution >= 4 is 33.9 Å². The molecule has 1 aliphatic heterocycles. The van der Waals surface area contributed by atoms with Crippen molar-refractivity contribution in [2.75, 3.05) is 65.5 Å². The zero-order chi connectivity index (χ0) is 27.4. The van der Waals surface area contributed by atoms with Crippen LogP contribution < -0.4 is 25.3 Å². The van der Waals surface area contributed by atoms with Crippen LogP contribution in [0.2, 0.25) is 5.02 Å². The minimum Gasteiger partial charge on any atom is -0.496 e. The molecule has 0 amide bonds. The van der Waals surface area contributed by atoms with Crippen molar-refractivity contribution in [2.45, 2.75) is 25.2 Å². The number of anilines is 2. The van der Waals surface area contributed by atoms with Gasteiger partial charge in [-0.1, -0.05) is 11.6 Å². The highest BCUT2D eigenvalue weighted by Gasteiger charge is 2.28. The first-order chi connectivity index (χ1) is 19.0. The summed E-state index contributed by atoms with van der Waals surface area (Å²) in [6, 6.07) is 9.81. The van der Waals surface area contributed by atoms with E-state index in [4.69, 9.17) is 31.5 Å². The molecule has 0 unspecified atom stereocenters. The first kappa shape index (κ1) is 27.3. The van der Waals surface area contributed by atoms with Crippen LogP contribution in [0.15, 0.2) is 30.5 Å². The third-order valence-corrected chi connectivity index (χ3v) is 7.78. The maximum Gasteiger partial charge on any atom is 0.163 e. The molecule has 3 aromatic rings. The fourth-order valence-corrected chi connectivity index (χ4v) is 5.27. The van der Waals surface area contributed by atoms with Crippen LogP contribution in [-0.2, 0) is 0 Å². The molecule has 0 radical (unpaired) electrons. The number of hydrogen-bond donors (Lipinski definition) is 2. The molecule has 2 aliphatic rings. The Balaban J connectivity index is 1.35. The van der Waals surface area contributed by atoms with E-state index in [0.717, 1.165) is 68.7 Å². The second-order valence-electron chi connectivity index (χ2n) is 10.00. The molecule has 2 aromatic carbocycles. The number of fused-ring (bicyclic) bond motifs is 1. The number of nitriles is 1. The summed E-state index contributed by atoms with van der Waals surface area (Å²) in [4.78, 5) is 9.23. The number of hydrogen-bond acceptors (Lipinski definition) is 9. The Morgan fingerprint density at radius 2 is 1.79 bits per heavy atom. The number of halogens is 1. The van der Waals surface area contributed by atoms with Gasteiger partial charge in [0.25, 0.3) is 0 Å². The van der Waals surface area contributed by atoms with Crippen LogP contribution in [-0.4, -0.2) is 75.0 Å². The summed E-state index contributed by atoms with van der Waals surface area (Å²) < 4.78 is 17.5. The van der Waals surface area contributed by atoms with Gasteiger partial charge in [-0.2, -0.15) is 5.26 Å². The van der Waals surface area contributed by atoms with Gasteiger partial charge in [-0.25, -0.2) is 0 Å². The van der Waals surface area contributed by atoms with E-state index in [0.29, 0.717) is 58.2 Å². The molecular formula is C29H35ClN6O3. The van der Waals surface area contributed by atoms with Gasteiger partial charge in [0.1, 0.15) is 11.8 Å². The average Bonchev–Trinajstić information content (AvgIpc) is 3.81. The molecular weight excluding hydrogens is 516 g/mol. The van der Waals surface area contributed by atoms with Crippen LogP contribution in [0.1, 0.15) is 36.3 Å². The van der Waals surface area contributed by atoms with Crippen LogP contribution in [0, 0.1) is 11.3 Å². The molecule has 0 spiro atoms. The zero-order valence-electron chi connectivity index (χ0n) is 22.5. The van der Waals surface area contributed by atoms with Gasteiger partial charge in [0.2, 0.25) is 0 Å². The highest BCUT2D eigenvalue weighted by atomic mass is 35.5. The van der Waals surface area contributed by atoms with Gasteiger partial charge >= 0.3 is 0 Å². The van der Waals surface area contributed by atoms with E-state index < -0.39 is 0 Å². The summed E-state index contributed by atoms with van der Waals surface area (Å²) in [5, 5.41) is 14.5. The van der Waals surface area contributed by atoms with E-state index in [9.17, 15) is 5.26 Å². The van der Waals surface area contributed by atoms with Gasteiger partial charge in [-0.3, -0.25) is 9.88 Å². The molecule has 5 rings (SSSR count). The van der Waals surface area contributed by atoms with E-state index in [1.54, 1.807) is 20.4 Å². The normalized spacial score (nSPS) is 16.2. The monoisotopic (exact) mass is 550 g/mol. The fourth-order valence-electron chi connectivity index (χ4n) is 5.05. The van der Waals surface area contributed by atoms with Crippen molar-refractivity contribution in [3.05, 3.63) is 46.6 Å². The molecule has 1 saturated carbocycles. The molecule has 39 heavy (non-hydrogen) atoms. The van der Waals surface area contributed by atoms with Crippen molar-refractivity contribution in [3.8, 4) is 23.3 Å². The van der Waals surface area contributed by atoms with Gasteiger partial charge in [-0.05, 0) is 42.9 Å². The standard InChI is InChI=1S/C29H35ClN6O3/c1-37-26-15-25(23(30)12-21(26)19-4-5-19)34-29-20(16-31)17-33-24-14-28(27(38-2)13-22(24)29)39-11-3-6-35-7-9-36(18-32)10-8-35/h12-15,17,19H,3-11,18,32H2,1-2H3,(H,33,34). The Morgan fingerprint density at radius 1 is 1.05 bits per heavy atom. The van der Waals surface area contributed by atoms with Gasteiger partial charge in [0, 0.05) is 63.1 Å². The van der Waals surface area contributed by atoms with Gasteiger partial charge < -0.3 is 30.2 Å². The third kappa shape index (κ3) is 6.15. The van der Waals surface area contributed by atoms with Gasteiger partial charge in [0.15, 0.2) is 11.5 Å². The van der Waals surface area contributed by atoms with E-state index in [2.05, 4.69) is 26.2 Å². The van der Waals surface area contributed by atoms with Crippen LogP contribution in [0.25, 0.3) is 10.9 Å². The number of aromatic nitrogens is 1. The Labute approximate surface area is 234 Å². The number of nitrogens with one attached hydrogen (secondary N) is 1. The van der Waals surface area contributed by atoms with Crippen molar-refractivity contribution < 1.29 is 14.2 Å². The van der Waals surface area contributed by atoms with Crippen molar-refractivity contribution in [2.24, 2.45) is 5.73 Å². The summed E-state index contributed by atoms with van der Waals surface area (Å²) in [6.07, 6.45) is 4.74. The smallest absolute Gasteiger partial charge is 0.163 e. The number of ether oxygens (including phenoxy) is 3. The second kappa shape index (κ2) is 12.3. The number of benzene rings is 2. The maximum absolute atomic E-state index is 9.86. The highest BCUT2D eigenvalue weighted by molar-refractivity contribution is 6.33. The topological polar surface area (TPSA) is 109 Å². The first-order valence-electron chi connectivity index (χ1n) is 13.4. The largest absolute Gasteiger partial charge is 0.496 e. The molecule has 2 heterocycles. The molecule has 1 aromatic heterocycles. The molecule has 0 atom stereocenters. The number of nitrogens with two attached hydrogens (primary N) is 1. The van der Waals surface area contributed by atoms with Crippen LogP contribution in [0.3, 0.4) is 0 Å². The number of rotatable bonds is 11. The van der Waals surface area contributed by atoms with E-state index in [1.807, 2.05) is 24.3 Å². The lowest BCUT2D eigenvalue weighted by atomic mass is 10.1. The van der Waals surface area contributed by atoms with Crippen LogP contribution >= 0.6 is 11.6 Å². The van der Waals surface area contributed by atoms with E-state index in [1.165, 1.54) is 0 Å². The molecule has 1 saturated heterocycles. The lowest BCUT2D eigenvalue weighted by molar-refractivity contribution is 0.128. The first-order valence-corrected chi connectivity index (χ1v) is 13.7. The zero-order valence-corrected chi connectivity index (χ0v) is 23.3. The summed E-state index contributed by atoms with van der Waals surface area (Å²) in [7, 11) is 3.27. The lowest BCUT2D eigenvalue weighted by Crippen LogP contribution is -2.48. The minimum atomic E-state index is 0.397. The molecule has 3 N–H and O–H groups in total. The molecule has 206 valence electrons. The van der Waals surface area contributed by atoms with Gasteiger partial charge in [-0.15, -0.1) is 0 Å². The van der Waals surface area contributed by atoms with Gasteiger partial charge in [0.05, 0.1) is 48.3 Å². The van der Waals surface area contributed by atoms with Crippen molar-refractivity contribution in [1.82, 2.24) is 14.8 Å². The van der Waals surface area contributed by atoms with Crippen LogP contribution in [0.5, 0.6) is 17.2 Å². The van der Waals surface area contributed by atoms with E-state index >= 15 is 0 Å². The van der Waals surface area contributed by atoms with Crippen molar-refractivity contribution in [1.29, 1.82) is 5.26 Å². The highest BCUT2D eigenvalue weighted by Crippen LogP contribution is 2.47. The fraction of sp³-hybridized carbons (Fsp3) is 0.448. The number of nitrogens with zero attached hydrogens (tertiary/aromatic N) is 4. The Kier molecular flexibility index (Phi) is 8.58. The van der Waals surface area contributed by atoms with Crippen molar-refractivity contribution in [3.63, 3.8) is 0 Å². The average molecular weight is 551 g/mol. The Hall–Kier alpha value is -3.29. The maximum atomic E-state index is 9.86. The molecule has 0 bridgehead atoms. The van der Waals surface area contributed by atoms with Crippen LogP contribution in [0.4, 0.5) is 11.4 Å². The lowest BCUT2D eigenvalue weighted by Gasteiger charge is -2.33. The van der Waals surface area contributed by atoms with E-state index in [-0.39, 0.29) is 0 Å². The summed E-state index contributed by atoms with van der Waals surface area (Å²) >= 11 is 6.68. The minimum absolute atomic E-state index is 0.397. The second-order valence-corrected chi connectivity index (χ2v) is 10.4. The third-order valence-electron chi connectivity index (χ3n) is 7.47. The molecule has 2 fully saturated rings. The Bertz CT molecular complexity index is 1370. The molecule has 1 aliphatic carbocycles. The number of pyridine rings is 1. The number of methoxy groups -OCH3 is 2. The quantitative estimate of drug-likeness (QED) is 0.328.